The van der Waals surface area contributed by atoms with Gasteiger partial charge in [-0.15, -0.1) is 0 Å². The van der Waals surface area contributed by atoms with Gasteiger partial charge in [-0.25, -0.2) is 18.4 Å². The fourth-order valence-corrected chi connectivity index (χ4v) is 4.96. The highest BCUT2D eigenvalue weighted by atomic mass is 32.2. The summed E-state index contributed by atoms with van der Waals surface area (Å²) in [4.78, 5) is 16.0. The molecule has 1 spiro atoms. The average molecular weight is 407 g/mol. The Balaban J connectivity index is 1.54. The van der Waals surface area contributed by atoms with E-state index >= 15 is 0 Å². The Labute approximate surface area is 170 Å². The third kappa shape index (κ3) is 3.00. The van der Waals surface area contributed by atoms with Crippen molar-refractivity contribution in [2.24, 2.45) is 0 Å². The molecule has 1 aromatic carbocycles. The van der Waals surface area contributed by atoms with Crippen LogP contribution in [0.25, 0.3) is 11.3 Å². The van der Waals surface area contributed by atoms with E-state index in [1.54, 1.807) is 37.6 Å². The minimum atomic E-state index is -3.26. The molecule has 0 unspecified atom stereocenters. The lowest BCUT2D eigenvalue weighted by Crippen LogP contribution is -2.21. The Morgan fingerprint density at radius 3 is 2.48 bits per heavy atom. The van der Waals surface area contributed by atoms with Crippen molar-refractivity contribution in [1.29, 1.82) is 0 Å². The molecule has 0 atom stereocenters. The predicted octanol–water partition coefficient (Wildman–Crippen LogP) is 3.82. The van der Waals surface area contributed by atoms with Crippen molar-refractivity contribution in [1.82, 2.24) is 15.0 Å². The second kappa shape index (κ2) is 6.35. The lowest BCUT2D eigenvalue weighted by atomic mass is 9.99. The van der Waals surface area contributed by atoms with Crippen molar-refractivity contribution < 1.29 is 8.42 Å². The molecule has 0 bridgehead atoms. The van der Waals surface area contributed by atoms with Gasteiger partial charge in [0.05, 0.1) is 16.3 Å². The number of rotatable bonds is 4. The molecule has 0 saturated heterocycles. The number of aromatic nitrogens is 3. The first kappa shape index (κ1) is 18.2. The Kier molecular flexibility index (Phi) is 4.00. The molecule has 1 aliphatic carbocycles. The van der Waals surface area contributed by atoms with Crippen molar-refractivity contribution >= 4 is 21.5 Å². The molecule has 2 aromatic heterocycles. The van der Waals surface area contributed by atoms with Gasteiger partial charge in [0.25, 0.3) is 0 Å². The average Bonchev–Trinajstić information content (AvgIpc) is 3.45. The second-order valence-electron chi connectivity index (χ2n) is 7.94. The lowest BCUT2D eigenvalue weighted by Gasteiger charge is -2.18. The van der Waals surface area contributed by atoms with Gasteiger partial charge in [0.15, 0.2) is 9.84 Å². The third-order valence-corrected chi connectivity index (χ3v) is 7.71. The van der Waals surface area contributed by atoms with Gasteiger partial charge in [-0.1, -0.05) is 13.0 Å². The molecule has 0 amide bonds. The summed E-state index contributed by atoms with van der Waals surface area (Å²) in [5.41, 5.74) is 5.07. The summed E-state index contributed by atoms with van der Waals surface area (Å²) in [5, 5.41) is 0. The molecule has 1 aliphatic heterocycles. The number of anilines is 2. The van der Waals surface area contributed by atoms with Crippen molar-refractivity contribution in [3.05, 3.63) is 60.0 Å². The number of pyridine rings is 1. The van der Waals surface area contributed by atoms with E-state index in [0.717, 1.165) is 41.9 Å². The fraction of sp³-hybridized carbons (Fsp3) is 0.318. The smallest absolute Gasteiger partial charge is 0.229 e. The highest BCUT2D eigenvalue weighted by Crippen LogP contribution is 2.58. The highest BCUT2D eigenvalue weighted by Gasteiger charge is 2.52. The van der Waals surface area contributed by atoms with E-state index in [-0.39, 0.29) is 11.2 Å². The van der Waals surface area contributed by atoms with Gasteiger partial charge >= 0.3 is 0 Å². The first-order chi connectivity index (χ1) is 13.9. The van der Waals surface area contributed by atoms with Crippen LogP contribution in [0.2, 0.25) is 0 Å². The zero-order valence-electron chi connectivity index (χ0n) is 16.5. The molecular formula is C22H22N4O2S. The maximum absolute atomic E-state index is 12.4. The molecule has 1 fully saturated rings. The molecule has 1 saturated carbocycles. The molecule has 5 rings (SSSR count). The van der Waals surface area contributed by atoms with Crippen LogP contribution in [0.5, 0.6) is 0 Å². The normalized spacial score (nSPS) is 16.8. The van der Waals surface area contributed by atoms with E-state index in [4.69, 9.17) is 0 Å². The highest BCUT2D eigenvalue weighted by molar-refractivity contribution is 7.91. The summed E-state index contributed by atoms with van der Waals surface area (Å²) in [6.07, 6.45) is 7.58. The van der Waals surface area contributed by atoms with E-state index < -0.39 is 9.84 Å². The van der Waals surface area contributed by atoms with Crippen LogP contribution < -0.4 is 4.90 Å². The van der Waals surface area contributed by atoms with Gasteiger partial charge < -0.3 is 4.90 Å². The van der Waals surface area contributed by atoms with Crippen molar-refractivity contribution in [3.8, 4) is 11.3 Å². The van der Waals surface area contributed by atoms with Gasteiger partial charge in [0.2, 0.25) is 5.95 Å². The zero-order chi connectivity index (χ0) is 20.2. The van der Waals surface area contributed by atoms with Crippen LogP contribution in [0, 0.1) is 6.92 Å². The van der Waals surface area contributed by atoms with Crippen LogP contribution in [0.3, 0.4) is 0 Å². The van der Waals surface area contributed by atoms with Crippen molar-refractivity contribution in [3.63, 3.8) is 0 Å². The SMILES string of the molecule is CCS(=O)(=O)c1ccc2c(c1)N(c1ncc(-c3cc(C)ccn3)cn1)CC21CC1. The van der Waals surface area contributed by atoms with Crippen LogP contribution in [-0.4, -0.2) is 35.7 Å². The topological polar surface area (TPSA) is 76.1 Å². The van der Waals surface area contributed by atoms with E-state index in [1.807, 2.05) is 25.1 Å². The van der Waals surface area contributed by atoms with Crippen LogP contribution in [0.15, 0.2) is 53.8 Å². The Bertz CT molecular complexity index is 1200. The predicted molar refractivity (Wildman–Crippen MR) is 112 cm³/mol. The van der Waals surface area contributed by atoms with E-state index in [0.29, 0.717) is 10.8 Å². The number of hydrogen-bond acceptors (Lipinski definition) is 6. The number of nitrogens with zero attached hydrogens (tertiary/aromatic N) is 4. The van der Waals surface area contributed by atoms with E-state index in [1.165, 1.54) is 5.56 Å². The molecule has 3 heterocycles. The summed E-state index contributed by atoms with van der Waals surface area (Å²) in [5.74, 6) is 0.684. The van der Waals surface area contributed by atoms with Gasteiger partial charge in [-0.3, -0.25) is 4.98 Å². The lowest BCUT2D eigenvalue weighted by molar-refractivity contribution is 0.597. The van der Waals surface area contributed by atoms with Gasteiger partial charge in [0, 0.05) is 41.8 Å². The van der Waals surface area contributed by atoms with Crippen LogP contribution in [0.1, 0.15) is 30.9 Å². The largest absolute Gasteiger partial charge is 0.309 e. The molecule has 0 radical (unpaired) electrons. The zero-order valence-corrected chi connectivity index (χ0v) is 17.3. The number of hydrogen-bond donors (Lipinski definition) is 0. The van der Waals surface area contributed by atoms with Crippen molar-refractivity contribution in [2.45, 2.75) is 37.0 Å². The molecule has 2 aliphatic rings. The molecular weight excluding hydrogens is 384 g/mol. The van der Waals surface area contributed by atoms with E-state index in [9.17, 15) is 8.42 Å². The first-order valence-electron chi connectivity index (χ1n) is 9.82. The molecule has 7 heteroatoms. The number of fused-ring (bicyclic) bond motifs is 2. The molecule has 29 heavy (non-hydrogen) atoms. The Morgan fingerprint density at radius 2 is 1.83 bits per heavy atom. The third-order valence-electron chi connectivity index (χ3n) is 5.98. The Hall–Kier alpha value is -2.80. The Morgan fingerprint density at radius 1 is 1.07 bits per heavy atom. The maximum Gasteiger partial charge on any atom is 0.229 e. The van der Waals surface area contributed by atoms with Crippen LogP contribution in [0.4, 0.5) is 11.6 Å². The molecule has 0 N–H and O–H groups in total. The molecule has 6 nitrogen and oxygen atoms in total. The second-order valence-corrected chi connectivity index (χ2v) is 10.2. The first-order valence-corrected chi connectivity index (χ1v) is 11.5. The summed E-state index contributed by atoms with van der Waals surface area (Å²) in [7, 11) is -3.26. The number of sulfone groups is 1. The van der Waals surface area contributed by atoms with Crippen LogP contribution in [-0.2, 0) is 15.3 Å². The minimum Gasteiger partial charge on any atom is -0.309 e. The summed E-state index contributed by atoms with van der Waals surface area (Å²) < 4.78 is 24.8. The van der Waals surface area contributed by atoms with Gasteiger partial charge in [-0.05, 0) is 55.2 Å². The van der Waals surface area contributed by atoms with Gasteiger partial charge in [0.1, 0.15) is 0 Å². The number of benzene rings is 1. The van der Waals surface area contributed by atoms with E-state index in [2.05, 4.69) is 19.9 Å². The summed E-state index contributed by atoms with van der Waals surface area (Å²) in [6.45, 7) is 4.49. The summed E-state index contributed by atoms with van der Waals surface area (Å²) in [6, 6.07) is 9.48. The monoisotopic (exact) mass is 406 g/mol. The van der Waals surface area contributed by atoms with Crippen molar-refractivity contribution in [2.75, 3.05) is 17.2 Å². The molecule has 3 aromatic rings. The maximum atomic E-state index is 12.4. The fourth-order valence-electron chi connectivity index (χ4n) is 4.06. The minimum absolute atomic E-state index is 0.0889. The quantitative estimate of drug-likeness (QED) is 0.656. The summed E-state index contributed by atoms with van der Waals surface area (Å²) >= 11 is 0. The van der Waals surface area contributed by atoms with Gasteiger partial charge in [-0.2, -0.15) is 0 Å². The van der Waals surface area contributed by atoms with Crippen LogP contribution >= 0.6 is 0 Å². The number of aryl methyl sites for hydroxylation is 1. The standard InChI is InChI=1S/C22H22N4O2S/c1-3-29(27,28)17-4-5-18-20(11-17)26(14-22(18)7-8-22)21-24-12-16(13-25-21)19-10-15(2)6-9-23-19/h4-6,9-13H,3,7-8,14H2,1-2H3. The molecule has 148 valence electrons.